The lowest BCUT2D eigenvalue weighted by molar-refractivity contribution is 0.0873. The Hall–Kier alpha value is -3.30. The summed E-state index contributed by atoms with van der Waals surface area (Å²) in [7, 11) is 0. The van der Waals surface area contributed by atoms with E-state index in [4.69, 9.17) is 16.3 Å². The Morgan fingerprint density at radius 3 is 2.71 bits per heavy atom. The number of nitrogens with one attached hydrogen (secondary N) is 1. The predicted molar refractivity (Wildman–Crippen MR) is 128 cm³/mol. The molecule has 0 aliphatic heterocycles. The summed E-state index contributed by atoms with van der Waals surface area (Å²) < 4.78 is 33.5. The maximum atomic E-state index is 13.8. The van der Waals surface area contributed by atoms with Crippen molar-refractivity contribution in [2.45, 2.75) is 52.4 Å². The minimum absolute atomic E-state index is 0. The Morgan fingerprint density at radius 2 is 2.03 bits per heavy atom. The van der Waals surface area contributed by atoms with Crippen LogP contribution in [0.25, 0.3) is 5.69 Å². The summed E-state index contributed by atoms with van der Waals surface area (Å²) in [6, 6.07) is 7.60. The first-order chi connectivity index (χ1) is 16.2. The Bertz CT molecular complexity index is 1300. The van der Waals surface area contributed by atoms with E-state index in [9.17, 15) is 23.5 Å². The molecule has 2 aromatic carbocycles. The fourth-order valence-corrected chi connectivity index (χ4v) is 4.04. The average molecular weight is 506 g/mol. The predicted octanol–water partition coefficient (Wildman–Crippen LogP) is 4.33. The number of aliphatic hydroxyl groups is 1. The maximum Gasteiger partial charge on any atom is 0.280 e. The Kier molecular flexibility index (Phi) is 8.24. The molecule has 2 N–H and O–H groups in total. The SMILES string of the molecule is C.Cc1ccc(C(=O)N[C@H]2CCC[C@@H]2O)cc1-n1cnc(OCc2ccc(F)cc2F)c(Cl)c1=O. The molecular weight excluding hydrogens is 480 g/mol. The van der Waals surface area contributed by atoms with Gasteiger partial charge in [-0.3, -0.25) is 14.2 Å². The van der Waals surface area contributed by atoms with E-state index in [1.54, 1.807) is 25.1 Å². The van der Waals surface area contributed by atoms with Crippen LogP contribution < -0.4 is 15.6 Å². The van der Waals surface area contributed by atoms with Crippen molar-refractivity contribution in [3.8, 4) is 11.6 Å². The van der Waals surface area contributed by atoms with Gasteiger partial charge >= 0.3 is 0 Å². The summed E-state index contributed by atoms with van der Waals surface area (Å²) in [5.74, 6) is -2.07. The highest BCUT2D eigenvalue weighted by Gasteiger charge is 2.27. The van der Waals surface area contributed by atoms with Gasteiger partial charge in [0.05, 0.1) is 17.8 Å². The van der Waals surface area contributed by atoms with Gasteiger partial charge in [-0.15, -0.1) is 0 Å². The zero-order chi connectivity index (χ0) is 24.4. The van der Waals surface area contributed by atoms with Crippen LogP contribution in [0.4, 0.5) is 8.78 Å². The van der Waals surface area contributed by atoms with Gasteiger partial charge in [0.25, 0.3) is 11.5 Å². The second-order valence-corrected chi connectivity index (χ2v) is 8.52. The molecule has 0 spiro atoms. The molecule has 0 saturated heterocycles. The van der Waals surface area contributed by atoms with Crippen LogP contribution in [0, 0.1) is 18.6 Å². The molecule has 0 unspecified atom stereocenters. The van der Waals surface area contributed by atoms with Crippen LogP contribution >= 0.6 is 11.6 Å². The summed E-state index contributed by atoms with van der Waals surface area (Å²) in [6.07, 6.45) is 2.82. The van der Waals surface area contributed by atoms with E-state index in [1.807, 2.05) is 0 Å². The van der Waals surface area contributed by atoms with Crippen LogP contribution in [-0.2, 0) is 6.61 Å². The van der Waals surface area contributed by atoms with Crippen molar-refractivity contribution in [1.29, 1.82) is 0 Å². The van der Waals surface area contributed by atoms with Gasteiger partial charge in [-0.1, -0.05) is 25.1 Å². The van der Waals surface area contributed by atoms with Gasteiger partial charge in [0.15, 0.2) is 5.02 Å². The molecule has 3 aromatic rings. The van der Waals surface area contributed by atoms with Crippen molar-refractivity contribution in [1.82, 2.24) is 14.9 Å². The van der Waals surface area contributed by atoms with Crippen molar-refractivity contribution in [3.63, 3.8) is 0 Å². The third kappa shape index (κ3) is 5.68. The van der Waals surface area contributed by atoms with E-state index in [0.29, 0.717) is 29.7 Å². The maximum absolute atomic E-state index is 13.8. The lowest BCUT2D eigenvalue weighted by Crippen LogP contribution is -2.39. The minimum Gasteiger partial charge on any atom is -0.471 e. The molecule has 7 nitrogen and oxygen atoms in total. The van der Waals surface area contributed by atoms with E-state index >= 15 is 0 Å². The third-order valence-electron chi connectivity index (χ3n) is 5.79. The Balaban J connectivity index is 0.00000342. The van der Waals surface area contributed by atoms with Crippen LogP contribution in [0.1, 0.15) is 48.2 Å². The van der Waals surface area contributed by atoms with Crippen LogP contribution in [0.2, 0.25) is 5.02 Å². The van der Waals surface area contributed by atoms with Crippen molar-refractivity contribution in [2.24, 2.45) is 0 Å². The van der Waals surface area contributed by atoms with E-state index in [2.05, 4.69) is 10.3 Å². The molecule has 2 atom stereocenters. The number of aliphatic hydroxyl groups excluding tert-OH is 1. The average Bonchev–Trinajstić information content (AvgIpc) is 3.20. The molecule has 1 amide bonds. The molecule has 1 aromatic heterocycles. The minimum atomic E-state index is -0.791. The number of nitrogens with zero attached hydrogens (tertiary/aromatic N) is 2. The van der Waals surface area contributed by atoms with Crippen LogP contribution in [0.15, 0.2) is 47.5 Å². The van der Waals surface area contributed by atoms with E-state index in [0.717, 1.165) is 18.6 Å². The topological polar surface area (TPSA) is 93.5 Å². The summed E-state index contributed by atoms with van der Waals surface area (Å²) in [6.45, 7) is 1.46. The highest BCUT2D eigenvalue weighted by atomic mass is 35.5. The van der Waals surface area contributed by atoms with Crippen LogP contribution in [0.5, 0.6) is 5.88 Å². The number of carbonyl (C=O) groups is 1. The normalized spacial score (nSPS) is 17.1. The van der Waals surface area contributed by atoms with Crippen molar-refractivity contribution < 1.29 is 23.4 Å². The van der Waals surface area contributed by atoms with Crippen molar-refractivity contribution >= 4 is 17.5 Å². The molecule has 0 bridgehead atoms. The molecule has 10 heteroatoms. The molecule has 4 rings (SSSR count). The molecule has 1 aliphatic carbocycles. The molecule has 1 heterocycles. The molecule has 1 fully saturated rings. The zero-order valence-corrected chi connectivity index (χ0v) is 19.0. The lowest BCUT2D eigenvalue weighted by Gasteiger charge is -2.17. The van der Waals surface area contributed by atoms with Gasteiger partial charge in [0, 0.05) is 17.2 Å². The monoisotopic (exact) mass is 505 g/mol. The first-order valence-electron chi connectivity index (χ1n) is 10.7. The number of aryl methyl sites for hydroxylation is 1. The fourth-order valence-electron chi connectivity index (χ4n) is 3.84. The number of benzene rings is 2. The van der Waals surface area contributed by atoms with E-state index in [-0.39, 0.29) is 42.4 Å². The Morgan fingerprint density at radius 1 is 1.26 bits per heavy atom. The number of rotatable bonds is 6. The van der Waals surface area contributed by atoms with Crippen LogP contribution in [-0.4, -0.2) is 32.7 Å². The number of amides is 1. The first-order valence-corrected chi connectivity index (χ1v) is 11.1. The first kappa shape index (κ1) is 26.3. The molecular formula is C25H26ClF2N3O4. The zero-order valence-electron chi connectivity index (χ0n) is 18.2. The number of ether oxygens (including phenoxy) is 1. The fraction of sp³-hybridized carbons (Fsp3) is 0.320. The van der Waals surface area contributed by atoms with E-state index in [1.165, 1.54) is 17.0 Å². The van der Waals surface area contributed by atoms with Crippen molar-refractivity contribution in [3.05, 3.63) is 86.4 Å². The number of aromatic nitrogens is 2. The van der Waals surface area contributed by atoms with Crippen molar-refractivity contribution in [2.75, 3.05) is 0 Å². The molecule has 1 saturated carbocycles. The summed E-state index contributed by atoms with van der Waals surface area (Å²) in [5.41, 5.74) is 0.841. The highest BCUT2D eigenvalue weighted by Crippen LogP contribution is 2.23. The summed E-state index contributed by atoms with van der Waals surface area (Å²) in [4.78, 5) is 29.7. The second-order valence-electron chi connectivity index (χ2n) is 8.14. The molecule has 186 valence electrons. The van der Waals surface area contributed by atoms with Gasteiger partial charge in [-0.05, 0) is 56.0 Å². The Labute approximate surface area is 206 Å². The summed E-state index contributed by atoms with van der Waals surface area (Å²) >= 11 is 6.18. The summed E-state index contributed by atoms with van der Waals surface area (Å²) in [5, 5.41) is 12.5. The second kappa shape index (κ2) is 11.0. The van der Waals surface area contributed by atoms with Gasteiger partial charge < -0.3 is 15.2 Å². The smallest absolute Gasteiger partial charge is 0.280 e. The number of carbonyl (C=O) groups excluding carboxylic acids is 1. The highest BCUT2D eigenvalue weighted by molar-refractivity contribution is 6.31. The van der Waals surface area contributed by atoms with Crippen LogP contribution in [0.3, 0.4) is 0 Å². The largest absolute Gasteiger partial charge is 0.471 e. The number of hydrogen-bond acceptors (Lipinski definition) is 5. The van der Waals surface area contributed by atoms with Gasteiger partial charge in [-0.25, -0.2) is 13.8 Å². The number of hydrogen-bond donors (Lipinski definition) is 2. The van der Waals surface area contributed by atoms with Gasteiger partial charge in [0.1, 0.15) is 24.6 Å². The lowest BCUT2D eigenvalue weighted by atomic mass is 10.1. The molecule has 0 radical (unpaired) electrons. The third-order valence-corrected chi connectivity index (χ3v) is 6.11. The van der Waals surface area contributed by atoms with Gasteiger partial charge in [0.2, 0.25) is 5.88 Å². The molecule has 35 heavy (non-hydrogen) atoms. The van der Waals surface area contributed by atoms with Gasteiger partial charge in [-0.2, -0.15) is 0 Å². The quantitative estimate of drug-likeness (QED) is 0.520. The molecule has 1 aliphatic rings. The number of halogens is 3. The van der Waals surface area contributed by atoms with E-state index < -0.39 is 23.3 Å². The standard InChI is InChI=1S/C24H22ClF2N3O4.CH4/c1-13-5-6-14(22(32)29-18-3-2-4-20(18)31)9-19(13)30-12-28-23(21(25)24(30)33)34-11-15-7-8-16(26)10-17(15)27;/h5-10,12,18,20,31H,2-4,11H2,1H3,(H,29,32);1H4/t18-,20-;/m0./s1.